The van der Waals surface area contributed by atoms with Crippen molar-refractivity contribution in [3.05, 3.63) is 30.3 Å². The van der Waals surface area contributed by atoms with Crippen LogP contribution in [0.15, 0.2) is 35.3 Å². The Morgan fingerprint density at radius 2 is 1.86 bits per heavy atom. The zero-order valence-electron chi connectivity index (χ0n) is 16.7. The Hall–Kier alpha value is -2.45. The predicted octanol–water partition coefficient (Wildman–Crippen LogP) is 0.469. The van der Waals surface area contributed by atoms with Crippen molar-refractivity contribution < 1.29 is 9.59 Å². The smallest absolute Gasteiger partial charge is 0.288 e. The molecule has 0 saturated carbocycles. The highest BCUT2D eigenvalue weighted by atomic mass is 16.2. The molecule has 1 atom stereocenters. The van der Waals surface area contributed by atoms with E-state index in [4.69, 9.17) is 0 Å². The van der Waals surface area contributed by atoms with Crippen LogP contribution in [0.3, 0.4) is 0 Å². The minimum atomic E-state index is -0.600. The molecule has 1 aromatic rings. The van der Waals surface area contributed by atoms with E-state index in [0.717, 1.165) is 45.7 Å². The lowest BCUT2D eigenvalue weighted by atomic mass is 10.2. The lowest BCUT2D eigenvalue weighted by Gasteiger charge is -2.34. The van der Waals surface area contributed by atoms with Gasteiger partial charge in [-0.1, -0.05) is 25.1 Å². The molecule has 8 nitrogen and oxygen atoms in total. The number of piperazine rings is 1. The summed E-state index contributed by atoms with van der Waals surface area (Å²) in [5, 5.41) is 4.30. The molecule has 8 heteroatoms. The summed E-state index contributed by atoms with van der Waals surface area (Å²) >= 11 is 0. The predicted molar refractivity (Wildman–Crippen MR) is 110 cm³/mol. The third-order valence-corrected chi connectivity index (χ3v) is 5.20. The monoisotopic (exact) mass is 386 g/mol. The first kappa shape index (κ1) is 20.3. The average molecular weight is 387 g/mol. The van der Waals surface area contributed by atoms with Crippen LogP contribution in [-0.4, -0.2) is 79.3 Å². The minimum Gasteiger partial charge on any atom is -0.349 e. The van der Waals surface area contributed by atoms with Gasteiger partial charge in [0.1, 0.15) is 6.04 Å². The van der Waals surface area contributed by atoms with Crippen molar-refractivity contribution in [2.45, 2.75) is 26.3 Å². The molecule has 0 aromatic heterocycles. The van der Waals surface area contributed by atoms with Gasteiger partial charge < -0.3 is 15.1 Å². The van der Waals surface area contributed by atoms with E-state index < -0.39 is 6.04 Å². The van der Waals surface area contributed by atoms with E-state index in [0.29, 0.717) is 12.2 Å². The summed E-state index contributed by atoms with van der Waals surface area (Å²) < 4.78 is 0. The molecule has 2 N–H and O–H groups in total. The topological polar surface area (TPSA) is 80.3 Å². The summed E-state index contributed by atoms with van der Waals surface area (Å²) in [6.07, 6.45) is 0.891. The van der Waals surface area contributed by atoms with Gasteiger partial charge in [-0.25, -0.2) is 10.0 Å². The van der Waals surface area contributed by atoms with Crippen LogP contribution >= 0.6 is 0 Å². The quantitative estimate of drug-likeness (QED) is 0.666. The number of nitrogens with zero attached hydrogens (tertiary/aromatic N) is 4. The number of rotatable bonds is 7. The van der Waals surface area contributed by atoms with E-state index >= 15 is 0 Å². The number of hydrogen-bond donors (Lipinski definition) is 2. The second kappa shape index (κ2) is 9.66. The van der Waals surface area contributed by atoms with Crippen molar-refractivity contribution >= 4 is 23.3 Å². The highest BCUT2D eigenvalue weighted by Gasteiger charge is 2.30. The number of anilines is 1. The number of carbonyl (C=O) groups excluding carboxylic acids is 2. The third kappa shape index (κ3) is 5.08. The first-order chi connectivity index (χ1) is 13.6. The maximum absolute atomic E-state index is 12.5. The van der Waals surface area contributed by atoms with E-state index in [1.165, 1.54) is 5.01 Å². The molecular formula is C20H30N6O2. The van der Waals surface area contributed by atoms with Crippen LogP contribution < -0.4 is 15.8 Å². The highest BCUT2D eigenvalue weighted by Crippen LogP contribution is 2.15. The number of benzene rings is 1. The first-order valence-electron chi connectivity index (χ1n) is 10.0. The Labute approximate surface area is 166 Å². The Morgan fingerprint density at radius 1 is 1.18 bits per heavy atom. The van der Waals surface area contributed by atoms with E-state index in [9.17, 15) is 9.59 Å². The molecule has 1 aromatic carbocycles. The van der Waals surface area contributed by atoms with Gasteiger partial charge in [0, 0.05) is 32.7 Å². The van der Waals surface area contributed by atoms with E-state index in [-0.39, 0.29) is 17.6 Å². The van der Waals surface area contributed by atoms with Gasteiger partial charge in [-0.2, -0.15) is 0 Å². The van der Waals surface area contributed by atoms with Crippen molar-refractivity contribution in [3.8, 4) is 0 Å². The maximum atomic E-state index is 12.5. The van der Waals surface area contributed by atoms with Gasteiger partial charge in [-0.3, -0.25) is 15.0 Å². The van der Waals surface area contributed by atoms with Gasteiger partial charge in [-0.05, 0) is 38.6 Å². The fraction of sp³-hybridized carbons (Fsp3) is 0.550. The van der Waals surface area contributed by atoms with Crippen LogP contribution in [0, 0.1) is 0 Å². The molecule has 0 aliphatic carbocycles. The molecule has 2 aliphatic rings. The zero-order chi connectivity index (χ0) is 19.9. The Balaban J connectivity index is 1.46. The molecule has 152 valence electrons. The Morgan fingerprint density at radius 3 is 2.54 bits per heavy atom. The lowest BCUT2D eigenvalue weighted by molar-refractivity contribution is -0.120. The van der Waals surface area contributed by atoms with Gasteiger partial charge >= 0.3 is 0 Å². The minimum absolute atomic E-state index is 0.174. The summed E-state index contributed by atoms with van der Waals surface area (Å²) in [5.74, 6) is -0.294. The summed E-state index contributed by atoms with van der Waals surface area (Å²) in [6.45, 7) is 11.0. The SMILES string of the molecule is CCN1CCN(CCCNC(=O)C2=NC(C)C(=O)N(c3ccccc3)N2)CC1. The second-order valence-electron chi connectivity index (χ2n) is 7.16. The molecular weight excluding hydrogens is 356 g/mol. The molecule has 2 amide bonds. The second-order valence-corrected chi connectivity index (χ2v) is 7.16. The Bertz CT molecular complexity index is 700. The van der Waals surface area contributed by atoms with Crippen LogP contribution in [0.25, 0.3) is 0 Å². The van der Waals surface area contributed by atoms with Gasteiger partial charge in [-0.15, -0.1) is 0 Å². The summed E-state index contributed by atoms with van der Waals surface area (Å²) in [7, 11) is 0. The molecule has 0 spiro atoms. The number of amides is 2. The van der Waals surface area contributed by atoms with Crippen molar-refractivity contribution in [3.63, 3.8) is 0 Å². The van der Waals surface area contributed by atoms with Crippen molar-refractivity contribution in [1.82, 2.24) is 20.5 Å². The maximum Gasteiger partial charge on any atom is 0.288 e. The van der Waals surface area contributed by atoms with Crippen LogP contribution in [0.4, 0.5) is 5.69 Å². The summed E-state index contributed by atoms with van der Waals surface area (Å²) in [5.41, 5.74) is 3.54. The van der Waals surface area contributed by atoms with E-state index in [1.807, 2.05) is 30.3 Å². The van der Waals surface area contributed by atoms with Crippen LogP contribution in [0.5, 0.6) is 0 Å². The first-order valence-corrected chi connectivity index (χ1v) is 10.0. The van der Waals surface area contributed by atoms with Gasteiger partial charge in [0.25, 0.3) is 11.8 Å². The van der Waals surface area contributed by atoms with Gasteiger partial charge in [0.15, 0.2) is 0 Å². The number of carbonyl (C=O) groups is 2. The van der Waals surface area contributed by atoms with Crippen LogP contribution in [0.1, 0.15) is 20.3 Å². The van der Waals surface area contributed by atoms with Crippen LogP contribution in [0.2, 0.25) is 0 Å². The number of nitrogens with one attached hydrogen (secondary N) is 2. The van der Waals surface area contributed by atoms with E-state index in [2.05, 4.69) is 32.5 Å². The number of amidine groups is 1. The molecule has 0 bridgehead atoms. The largest absolute Gasteiger partial charge is 0.349 e. The Kier molecular flexibility index (Phi) is 7.00. The molecule has 1 saturated heterocycles. The van der Waals surface area contributed by atoms with Crippen molar-refractivity contribution in [1.29, 1.82) is 0 Å². The summed E-state index contributed by atoms with van der Waals surface area (Å²) in [6, 6.07) is 8.61. The number of aliphatic imine (C=N–C) groups is 1. The average Bonchev–Trinajstić information content (AvgIpc) is 2.74. The fourth-order valence-corrected chi connectivity index (χ4v) is 3.42. The van der Waals surface area contributed by atoms with Gasteiger partial charge in [0.05, 0.1) is 5.69 Å². The molecule has 1 fully saturated rings. The molecule has 0 radical (unpaired) electrons. The normalized spacial score (nSPS) is 21.2. The molecule has 3 rings (SSSR count). The molecule has 2 aliphatic heterocycles. The standard InChI is InChI=1S/C20H30N6O2/c1-3-24-12-14-25(15-13-24)11-7-10-21-19(27)18-22-16(2)20(28)26(23-18)17-8-5-4-6-9-17/h4-6,8-9,16H,3,7,10-15H2,1-2H3,(H,21,27)(H,22,23). The van der Waals surface area contributed by atoms with Crippen molar-refractivity contribution in [2.75, 3.05) is 50.8 Å². The van der Waals surface area contributed by atoms with E-state index in [1.54, 1.807) is 6.92 Å². The lowest BCUT2D eigenvalue weighted by Crippen LogP contribution is -2.58. The highest BCUT2D eigenvalue weighted by molar-refractivity contribution is 6.39. The molecule has 1 unspecified atom stereocenters. The fourth-order valence-electron chi connectivity index (χ4n) is 3.42. The van der Waals surface area contributed by atoms with Crippen molar-refractivity contribution in [2.24, 2.45) is 4.99 Å². The number of likely N-dealkylation sites (N-methyl/N-ethyl adjacent to an activating group) is 1. The third-order valence-electron chi connectivity index (χ3n) is 5.20. The molecule has 28 heavy (non-hydrogen) atoms. The summed E-state index contributed by atoms with van der Waals surface area (Å²) in [4.78, 5) is 34.0. The van der Waals surface area contributed by atoms with Gasteiger partial charge in [0.2, 0.25) is 5.84 Å². The zero-order valence-corrected chi connectivity index (χ0v) is 16.7. The number of para-hydroxylation sites is 1. The molecule has 2 heterocycles. The number of hydrazine groups is 1. The number of hydrogen-bond acceptors (Lipinski definition) is 6. The van der Waals surface area contributed by atoms with Crippen LogP contribution in [-0.2, 0) is 9.59 Å².